The Morgan fingerprint density at radius 3 is 2.64 bits per heavy atom. The minimum absolute atomic E-state index is 0.0485. The molecule has 1 aromatic carbocycles. The molecule has 3 N–H and O–H groups in total. The van der Waals surface area contributed by atoms with Crippen molar-refractivity contribution in [2.45, 2.75) is 19.4 Å². The van der Waals surface area contributed by atoms with Gasteiger partial charge in [0.1, 0.15) is 18.2 Å². The number of carbonyl (C=O) groups is 1. The number of halogens is 1. The standard InChI is InChI=1S/C18H24ClN5O4/c1-18(2,26)10-27-17(25)24-7-5-23(6-8-24)16-21-14-4-3-12(28-11-19)9-13(14)15(20)22-16/h3-4,9,26H,5-8,10-11H2,1-2H3,(H2,20,21,22). The topological polar surface area (TPSA) is 114 Å². The smallest absolute Gasteiger partial charge is 0.409 e. The Morgan fingerprint density at radius 2 is 2.00 bits per heavy atom. The average molecular weight is 410 g/mol. The van der Waals surface area contributed by atoms with Gasteiger partial charge in [0.15, 0.2) is 6.07 Å². The molecule has 0 unspecified atom stereocenters. The molecule has 0 aliphatic carbocycles. The van der Waals surface area contributed by atoms with Crippen molar-refractivity contribution in [1.29, 1.82) is 0 Å². The van der Waals surface area contributed by atoms with Gasteiger partial charge in [0.05, 0.1) is 11.1 Å². The van der Waals surface area contributed by atoms with E-state index in [1.54, 1.807) is 30.9 Å². The van der Waals surface area contributed by atoms with Gasteiger partial charge in [-0.1, -0.05) is 11.6 Å². The zero-order chi connectivity index (χ0) is 20.3. The van der Waals surface area contributed by atoms with Gasteiger partial charge in [0.25, 0.3) is 0 Å². The van der Waals surface area contributed by atoms with Crippen molar-refractivity contribution in [2.75, 3.05) is 49.5 Å². The van der Waals surface area contributed by atoms with Crippen molar-refractivity contribution in [3.8, 4) is 5.75 Å². The van der Waals surface area contributed by atoms with Crippen molar-refractivity contribution in [1.82, 2.24) is 14.9 Å². The summed E-state index contributed by atoms with van der Waals surface area (Å²) < 4.78 is 10.4. The molecule has 1 amide bonds. The average Bonchev–Trinajstić information content (AvgIpc) is 2.66. The van der Waals surface area contributed by atoms with E-state index in [-0.39, 0.29) is 12.7 Å². The number of nitrogens with two attached hydrogens (primary N) is 1. The van der Waals surface area contributed by atoms with E-state index in [1.165, 1.54) is 0 Å². The number of ether oxygens (including phenoxy) is 2. The van der Waals surface area contributed by atoms with Crippen LogP contribution in [0.25, 0.3) is 10.9 Å². The number of benzene rings is 1. The van der Waals surface area contributed by atoms with E-state index in [0.29, 0.717) is 54.6 Å². The minimum atomic E-state index is -1.05. The normalized spacial score (nSPS) is 15.0. The Hall–Kier alpha value is -2.52. The second-order valence-electron chi connectivity index (χ2n) is 7.18. The van der Waals surface area contributed by atoms with Crippen LogP contribution in [0.4, 0.5) is 16.6 Å². The number of hydrogen-bond acceptors (Lipinski definition) is 8. The second-order valence-corrected chi connectivity index (χ2v) is 7.40. The molecular formula is C18H24ClN5O4. The summed E-state index contributed by atoms with van der Waals surface area (Å²) in [5.74, 6) is 1.47. The molecule has 2 aromatic rings. The number of aliphatic hydroxyl groups is 1. The number of piperazine rings is 1. The number of fused-ring (bicyclic) bond motifs is 1. The summed E-state index contributed by atoms with van der Waals surface area (Å²) >= 11 is 5.59. The van der Waals surface area contributed by atoms with Gasteiger partial charge < -0.3 is 30.1 Å². The number of alkyl halides is 1. The van der Waals surface area contributed by atoms with Crippen LogP contribution in [-0.2, 0) is 4.74 Å². The van der Waals surface area contributed by atoms with Crippen LogP contribution in [0.3, 0.4) is 0 Å². The molecule has 28 heavy (non-hydrogen) atoms. The maximum Gasteiger partial charge on any atom is 0.409 e. The lowest BCUT2D eigenvalue weighted by Crippen LogP contribution is -2.50. The molecule has 1 aliphatic rings. The Morgan fingerprint density at radius 1 is 1.29 bits per heavy atom. The highest BCUT2D eigenvalue weighted by atomic mass is 35.5. The van der Waals surface area contributed by atoms with Gasteiger partial charge in [0, 0.05) is 31.6 Å². The van der Waals surface area contributed by atoms with Crippen LogP contribution in [0.5, 0.6) is 5.75 Å². The zero-order valence-corrected chi connectivity index (χ0v) is 16.6. The van der Waals surface area contributed by atoms with Crippen LogP contribution >= 0.6 is 11.6 Å². The molecule has 1 fully saturated rings. The van der Waals surface area contributed by atoms with Crippen LogP contribution in [0.15, 0.2) is 18.2 Å². The summed E-state index contributed by atoms with van der Waals surface area (Å²) in [6, 6.07) is 5.39. The lowest BCUT2D eigenvalue weighted by atomic mass is 10.2. The SMILES string of the molecule is CC(C)(O)COC(=O)N1CCN(c2nc(N)c3cc(OCCl)ccc3n2)CC1. The maximum absolute atomic E-state index is 12.1. The minimum Gasteiger partial charge on any atom is -0.478 e. The van der Waals surface area contributed by atoms with Crippen molar-refractivity contribution in [3.05, 3.63) is 18.2 Å². The molecule has 0 bridgehead atoms. The van der Waals surface area contributed by atoms with Crippen molar-refractivity contribution >= 4 is 40.4 Å². The summed E-state index contributed by atoms with van der Waals surface area (Å²) in [7, 11) is 0. The number of nitrogens with zero attached hydrogens (tertiary/aromatic N) is 4. The van der Waals surface area contributed by atoms with Gasteiger partial charge in [-0.25, -0.2) is 9.78 Å². The van der Waals surface area contributed by atoms with Gasteiger partial charge in [-0.05, 0) is 32.0 Å². The van der Waals surface area contributed by atoms with E-state index < -0.39 is 11.7 Å². The molecule has 9 nitrogen and oxygen atoms in total. The van der Waals surface area contributed by atoms with Crippen LogP contribution in [0, 0.1) is 0 Å². The Kier molecular flexibility index (Phi) is 5.95. The van der Waals surface area contributed by atoms with Gasteiger partial charge in [-0.3, -0.25) is 0 Å². The Bertz CT molecular complexity index is 850. The lowest BCUT2D eigenvalue weighted by molar-refractivity contribution is -0.00415. The monoisotopic (exact) mass is 409 g/mol. The second kappa shape index (κ2) is 8.24. The number of hydrogen-bond donors (Lipinski definition) is 2. The number of nitrogen functional groups attached to an aromatic ring is 1. The number of rotatable bonds is 5. The fourth-order valence-electron chi connectivity index (χ4n) is 2.83. The highest BCUT2D eigenvalue weighted by Crippen LogP contribution is 2.26. The van der Waals surface area contributed by atoms with Gasteiger partial charge in [0.2, 0.25) is 5.95 Å². The molecule has 0 radical (unpaired) electrons. The molecule has 1 aliphatic heterocycles. The summed E-state index contributed by atoms with van der Waals surface area (Å²) in [6.07, 6.45) is -0.437. The lowest BCUT2D eigenvalue weighted by Gasteiger charge is -2.34. The maximum atomic E-state index is 12.1. The van der Waals surface area contributed by atoms with E-state index in [0.717, 1.165) is 0 Å². The molecule has 10 heteroatoms. The predicted octanol–water partition coefficient (Wildman–Crippen LogP) is 1.82. The fourth-order valence-corrected chi connectivity index (χ4v) is 2.96. The summed E-state index contributed by atoms with van der Waals surface area (Å²) in [6.45, 7) is 5.16. The first-order valence-corrected chi connectivity index (χ1v) is 9.45. The predicted molar refractivity (Wildman–Crippen MR) is 107 cm³/mol. The molecule has 152 valence electrons. The molecule has 1 saturated heterocycles. The first-order valence-electron chi connectivity index (χ1n) is 8.92. The molecular weight excluding hydrogens is 386 g/mol. The Labute approximate surface area is 168 Å². The number of anilines is 2. The molecule has 1 aromatic heterocycles. The summed E-state index contributed by atoms with van der Waals surface area (Å²) in [5.41, 5.74) is 5.76. The van der Waals surface area contributed by atoms with Crippen molar-refractivity contribution in [3.63, 3.8) is 0 Å². The molecule has 0 saturated carbocycles. The van der Waals surface area contributed by atoms with E-state index in [2.05, 4.69) is 9.97 Å². The molecule has 2 heterocycles. The van der Waals surface area contributed by atoms with Gasteiger partial charge >= 0.3 is 6.09 Å². The number of aromatic nitrogens is 2. The van der Waals surface area contributed by atoms with Crippen LogP contribution in [0.2, 0.25) is 0 Å². The van der Waals surface area contributed by atoms with E-state index in [1.807, 2.05) is 11.0 Å². The van der Waals surface area contributed by atoms with Crippen LogP contribution in [-0.4, -0.2) is 70.5 Å². The number of carbonyl (C=O) groups excluding carboxylic acids is 1. The summed E-state index contributed by atoms with van der Waals surface area (Å²) in [5, 5.41) is 10.4. The summed E-state index contributed by atoms with van der Waals surface area (Å²) in [4.78, 5) is 24.7. The van der Waals surface area contributed by atoms with E-state index in [4.69, 9.17) is 26.8 Å². The van der Waals surface area contributed by atoms with E-state index >= 15 is 0 Å². The third-order valence-electron chi connectivity index (χ3n) is 4.28. The van der Waals surface area contributed by atoms with Crippen molar-refractivity contribution in [2.24, 2.45) is 0 Å². The van der Waals surface area contributed by atoms with Crippen LogP contribution < -0.4 is 15.4 Å². The third kappa shape index (κ3) is 4.85. The van der Waals surface area contributed by atoms with E-state index in [9.17, 15) is 9.90 Å². The van der Waals surface area contributed by atoms with Gasteiger partial charge in [-0.15, -0.1) is 0 Å². The highest BCUT2D eigenvalue weighted by molar-refractivity contribution is 6.17. The Balaban J connectivity index is 1.66. The fraction of sp³-hybridized carbons (Fsp3) is 0.500. The van der Waals surface area contributed by atoms with Gasteiger partial charge in [-0.2, -0.15) is 4.98 Å². The quantitative estimate of drug-likeness (QED) is 0.718. The highest BCUT2D eigenvalue weighted by Gasteiger charge is 2.25. The third-order valence-corrected chi connectivity index (χ3v) is 4.38. The van der Waals surface area contributed by atoms with Crippen molar-refractivity contribution < 1.29 is 19.4 Å². The largest absolute Gasteiger partial charge is 0.478 e. The number of amides is 1. The molecule has 0 atom stereocenters. The van der Waals surface area contributed by atoms with Crippen LogP contribution in [0.1, 0.15) is 13.8 Å². The first-order chi connectivity index (χ1) is 13.3. The zero-order valence-electron chi connectivity index (χ0n) is 15.9. The first kappa shape index (κ1) is 20.2. The molecule has 0 spiro atoms. The molecule has 3 rings (SSSR count).